The Bertz CT molecular complexity index is 2070. The number of carboxylic acid groups (broad SMARTS) is 1. The standard InChI is InChI=1S/C36H36ClN3O7S/c1-3-40(48(44,45)28-15-16-33-30(21-28)24(2)34(47-33)36(42)43)32-20-26(38-17-7-4-8-18-38)14-13-25(32)22-39(23-27-10-9-19-46-27)35(41)29-11-5-6-12-31(29)37/h5-6,9-16,19-21H,3-4,7-8,17-18,22-23H2,1-2H3,(H,42,43). The van der Waals surface area contributed by atoms with Crippen molar-refractivity contribution in [2.45, 2.75) is 51.1 Å². The van der Waals surface area contributed by atoms with Crippen LogP contribution in [0.1, 0.15) is 64.0 Å². The van der Waals surface area contributed by atoms with E-state index in [1.807, 2.05) is 18.2 Å². The van der Waals surface area contributed by atoms with Crippen molar-refractivity contribution in [3.05, 3.63) is 112 Å². The summed E-state index contributed by atoms with van der Waals surface area (Å²) in [5.41, 5.74) is 2.89. The van der Waals surface area contributed by atoms with E-state index in [2.05, 4.69) is 4.90 Å². The molecular formula is C36H36ClN3O7S. The number of hydrogen-bond acceptors (Lipinski definition) is 7. The molecule has 6 rings (SSSR count). The summed E-state index contributed by atoms with van der Waals surface area (Å²) in [7, 11) is -4.18. The molecule has 3 aromatic carbocycles. The summed E-state index contributed by atoms with van der Waals surface area (Å²) in [4.78, 5) is 29.5. The van der Waals surface area contributed by atoms with Crippen molar-refractivity contribution in [2.75, 3.05) is 28.8 Å². The highest BCUT2D eigenvalue weighted by Crippen LogP contribution is 2.35. The minimum Gasteiger partial charge on any atom is -0.475 e. The lowest BCUT2D eigenvalue weighted by Crippen LogP contribution is -2.35. The van der Waals surface area contributed by atoms with Gasteiger partial charge in [-0.15, -0.1) is 0 Å². The van der Waals surface area contributed by atoms with E-state index < -0.39 is 16.0 Å². The van der Waals surface area contributed by atoms with Gasteiger partial charge in [0.1, 0.15) is 11.3 Å². The number of rotatable bonds is 11. The maximum absolute atomic E-state index is 14.5. The molecule has 2 aromatic heterocycles. The minimum absolute atomic E-state index is 0.00778. The molecule has 1 amide bonds. The molecule has 48 heavy (non-hydrogen) atoms. The lowest BCUT2D eigenvalue weighted by atomic mass is 10.1. The fourth-order valence-corrected chi connectivity index (χ4v) is 7.98. The Morgan fingerprint density at radius 3 is 2.42 bits per heavy atom. The van der Waals surface area contributed by atoms with Crippen LogP contribution >= 0.6 is 11.6 Å². The summed E-state index contributed by atoms with van der Waals surface area (Å²) in [6.07, 6.45) is 4.76. The normalized spacial score (nSPS) is 13.5. The van der Waals surface area contributed by atoms with Gasteiger partial charge in [0, 0.05) is 42.8 Å². The summed E-state index contributed by atoms with van der Waals surface area (Å²) in [5, 5.41) is 10.3. The predicted octanol–water partition coefficient (Wildman–Crippen LogP) is 7.73. The predicted molar refractivity (Wildman–Crippen MR) is 184 cm³/mol. The zero-order chi connectivity index (χ0) is 34.0. The number of carbonyl (C=O) groups is 2. The number of hydrogen-bond donors (Lipinski definition) is 1. The third kappa shape index (κ3) is 6.52. The van der Waals surface area contributed by atoms with Crippen molar-refractivity contribution in [1.82, 2.24) is 4.90 Å². The zero-order valence-corrected chi connectivity index (χ0v) is 28.3. The van der Waals surface area contributed by atoms with Crippen molar-refractivity contribution in [1.29, 1.82) is 0 Å². The SMILES string of the molecule is CCN(c1cc(N2CCCCC2)ccc1CN(Cc1ccco1)C(=O)c1ccccc1Cl)S(=O)(=O)c1ccc2oc(C(=O)O)c(C)c2c1. The summed E-state index contributed by atoms with van der Waals surface area (Å²) < 4.78 is 41.4. The molecule has 250 valence electrons. The first kappa shape index (κ1) is 33.2. The summed E-state index contributed by atoms with van der Waals surface area (Å²) in [6, 6.07) is 20.4. The molecule has 5 aromatic rings. The van der Waals surface area contributed by atoms with Crippen LogP contribution in [0.5, 0.6) is 0 Å². The Labute approximate surface area is 284 Å². The van der Waals surface area contributed by atoms with Gasteiger partial charge in [0.25, 0.3) is 15.9 Å². The first-order valence-electron chi connectivity index (χ1n) is 15.8. The molecule has 0 unspecified atom stereocenters. The van der Waals surface area contributed by atoms with E-state index in [9.17, 15) is 23.1 Å². The van der Waals surface area contributed by atoms with E-state index in [0.29, 0.717) is 38.5 Å². The lowest BCUT2D eigenvalue weighted by Gasteiger charge is -2.32. The number of aryl methyl sites for hydroxylation is 1. The highest BCUT2D eigenvalue weighted by molar-refractivity contribution is 7.92. The highest BCUT2D eigenvalue weighted by atomic mass is 35.5. The molecule has 0 aliphatic carbocycles. The maximum Gasteiger partial charge on any atom is 0.372 e. The van der Waals surface area contributed by atoms with Gasteiger partial charge in [0.15, 0.2) is 0 Å². The second-order valence-electron chi connectivity index (χ2n) is 11.8. The summed E-state index contributed by atoms with van der Waals surface area (Å²) >= 11 is 6.45. The molecule has 0 atom stereocenters. The summed E-state index contributed by atoms with van der Waals surface area (Å²) in [6.45, 7) is 5.35. The molecule has 1 aliphatic rings. The lowest BCUT2D eigenvalue weighted by molar-refractivity contribution is 0.0662. The van der Waals surface area contributed by atoms with Crippen LogP contribution in [0.25, 0.3) is 11.0 Å². The molecule has 0 radical (unpaired) electrons. The van der Waals surface area contributed by atoms with E-state index >= 15 is 0 Å². The number of piperidine rings is 1. The van der Waals surface area contributed by atoms with Gasteiger partial charge >= 0.3 is 5.97 Å². The van der Waals surface area contributed by atoms with Gasteiger partial charge < -0.3 is 23.7 Å². The Balaban J connectivity index is 1.45. The third-order valence-corrected chi connectivity index (χ3v) is 10.9. The molecule has 12 heteroatoms. The fraction of sp³-hybridized carbons (Fsp3) is 0.278. The molecular weight excluding hydrogens is 654 g/mol. The molecule has 1 saturated heterocycles. The van der Waals surface area contributed by atoms with Gasteiger partial charge in [-0.3, -0.25) is 9.10 Å². The number of benzene rings is 3. The quantitative estimate of drug-likeness (QED) is 0.149. The van der Waals surface area contributed by atoms with Crippen molar-refractivity contribution in [3.8, 4) is 0 Å². The van der Waals surface area contributed by atoms with Crippen molar-refractivity contribution in [3.63, 3.8) is 0 Å². The average molecular weight is 690 g/mol. The number of sulfonamides is 1. The summed E-state index contributed by atoms with van der Waals surface area (Å²) in [5.74, 6) is -1.23. The molecule has 1 fully saturated rings. The molecule has 10 nitrogen and oxygen atoms in total. The minimum atomic E-state index is -4.18. The number of carbonyl (C=O) groups excluding carboxylic acids is 1. The van der Waals surface area contributed by atoms with Gasteiger partial charge in [-0.05, 0) is 93.3 Å². The van der Waals surface area contributed by atoms with Gasteiger partial charge in [0.05, 0.1) is 34.0 Å². The second-order valence-corrected chi connectivity index (χ2v) is 14.0. The topological polar surface area (TPSA) is 125 Å². The van der Waals surface area contributed by atoms with Crippen LogP contribution in [-0.2, 0) is 23.1 Å². The number of carboxylic acids is 1. The van der Waals surface area contributed by atoms with E-state index in [1.54, 1.807) is 55.1 Å². The zero-order valence-electron chi connectivity index (χ0n) is 26.7. The Hall–Kier alpha value is -4.74. The highest BCUT2D eigenvalue weighted by Gasteiger charge is 2.30. The number of anilines is 2. The molecule has 0 spiro atoms. The number of amides is 1. The molecule has 3 heterocycles. The average Bonchev–Trinajstić information content (AvgIpc) is 3.73. The van der Waals surface area contributed by atoms with Gasteiger partial charge in [-0.25, -0.2) is 13.2 Å². The Morgan fingerprint density at radius 2 is 1.73 bits per heavy atom. The first-order valence-corrected chi connectivity index (χ1v) is 17.6. The third-order valence-electron chi connectivity index (χ3n) is 8.72. The number of fused-ring (bicyclic) bond motifs is 1. The van der Waals surface area contributed by atoms with E-state index in [-0.39, 0.29) is 41.8 Å². The molecule has 1 N–H and O–H groups in total. The van der Waals surface area contributed by atoms with Crippen LogP contribution in [0.2, 0.25) is 5.02 Å². The number of halogens is 1. The maximum atomic E-state index is 14.5. The van der Waals surface area contributed by atoms with Crippen LogP contribution in [0.3, 0.4) is 0 Å². The molecule has 0 saturated carbocycles. The van der Waals surface area contributed by atoms with Gasteiger partial charge in [-0.2, -0.15) is 0 Å². The van der Waals surface area contributed by atoms with Crippen LogP contribution in [0.15, 0.2) is 92.8 Å². The Morgan fingerprint density at radius 1 is 0.958 bits per heavy atom. The van der Waals surface area contributed by atoms with Crippen LogP contribution < -0.4 is 9.21 Å². The van der Waals surface area contributed by atoms with Crippen LogP contribution in [0, 0.1) is 6.92 Å². The van der Waals surface area contributed by atoms with Gasteiger partial charge in [0.2, 0.25) is 5.76 Å². The van der Waals surface area contributed by atoms with E-state index in [1.165, 1.54) is 28.8 Å². The monoisotopic (exact) mass is 689 g/mol. The molecule has 0 bridgehead atoms. The second kappa shape index (κ2) is 13.8. The first-order chi connectivity index (χ1) is 23.1. The molecule has 1 aliphatic heterocycles. The van der Waals surface area contributed by atoms with Crippen LogP contribution in [-0.4, -0.2) is 49.9 Å². The number of aromatic carboxylic acids is 1. The smallest absolute Gasteiger partial charge is 0.372 e. The number of furan rings is 2. The van der Waals surface area contributed by atoms with E-state index in [0.717, 1.165) is 38.0 Å². The Kier molecular flexibility index (Phi) is 9.52. The van der Waals surface area contributed by atoms with Crippen molar-refractivity contribution >= 4 is 55.8 Å². The van der Waals surface area contributed by atoms with E-state index in [4.69, 9.17) is 20.4 Å². The van der Waals surface area contributed by atoms with Crippen LogP contribution in [0.4, 0.5) is 11.4 Å². The van der Waals surface area contributed by atoms with Crippen molar-refractivity contribution in [2.24, 2.45) is 0 Å². The van der Waals surface area contributed by atoms with Crippen molar-refractivity contribution < 1.29 is 31.9 Å². The van der Waals surface area contributed by atoms with Gasteiger partial charge in [-0.1, -0.05) is 29.8 Å². The largest absolute Gasteiger partial charge is 0.475 e. The fourth-order valence-electron chi connectivity index (χ4n) is 6.23. The number of nitrogens with zero attached hydrogens (tertiary/aromatic N) is 3.